The molecule has 1 atom stereocenters. The van der Waals surface area contributed by atoms with Crippen molar-refractivity contribution >= 4 is 33.2 Å². The number of halogens is 1. The number of aryl methyl sites for hydroxylation is 1. The third kappa shape index (κ3) is 6.36. The van der Waals surface area contributed by atoms with E-state index in [0.717, 1.165) is 21.0 Å². The average Bonchev–Trinajstić information content (AvgIpc) is 2.92. The van der Waals surface area contributed by atoms with Crippen molar-refractivity contribution in [3.05, 3.63) is 125 Å². The number of sulfonamides is 1. The van der Waals surface area contributed by atoms with Crippen LogP contribution in [0.4, 0.5) is 5.69 Å². The maximum Gasteiger partial charge on any atom is 0.264 e. The molecular weight excluding hydrogens is 520 g/mol. The highest BCUT2D eigenvalue weighted by Gasteiger charge is 2.30. The summed E-state index contributed by atoms with van der Waals surface area (Å²) in [4.78, 5) is 13.6. The topological polar surface area (TPSA) is 75.7 Å². The molecule has 0 heterocycles. The van der Waals surface area contributed by atoms with Crippen molar-refractivity contribution in [1.29, 1.82) is 0 Å². The number of anilines is 1. The number of ether oxygens (including phenoxy) is 1. The molecule has 0 spiro atoms. The van der Waals surface area contributed by atoms with E-state index in [2.05, 4.69) is 5.32 Å². The lowest BCUT2D eigenvalue weighted by atomic mass is 9.97. The van der Waals surface area contributed by atoms with Gasteiger partial charge in [-0.3, -0.25) is 9.10 Å². The number of hydrogen-bond donors (Lipinski definition) is 1. The molecule has 196 valence electrons. The number of rotatable bonds is 10. The van der Waals surface area contributed by atoms with Crippen molar-refractivity contribution in [3.8, 4) is 5.75 Å². The van der Waals surface area contributed by atoms with Crippen LogP contribution in [-0.4, -0.2) is 27.5 Å². The minimum Gasteiger partial charge on any atom is -0.492 e. The van der Waals surface area contributed by atoms with Gasteiger partial charge in [-0.1, -0.05) is 83.9 Å². The van der Waals surface area contributed by atoms with E-state index in [4.69, 9.17) is 16.3 Å². The molecule has 1 unspecified atom stereocenters. The predicted octanol–water partition coefficient (Wildman–Crippen LogP) is 6.15. The second-order valence-electron chi connectivity index (χ2n) is 8.69. The number of para-hydroxylation sites is 2. The maximum atomic E-state index is 13.9. The number of nitrogens with zero attached hydrogens (tertiary/aromatic N) is 1. The summed E-state index contributed by atoms with van der Waals surface area (Å²) in [5.41, 5.74) is 3.10. The average molecular weight is 549 g/mol. The molecule has 4 aromatic carbocycles. The van der Waals surface area contributed by atoms with Crippen LogP contribution < -0.4 is 14.4 Å². The normalized spacial score (nSPS) is 12.0. The lowest BCUT2D eigenvalue weighted by molar-refractivity contribution is -0.120. The molecule has 4 rings (SSSR count). The van der Waals surface area contributed by atoms with E-state index in [-0.39, 0.29) is 10.6 Å². The molecule has 0 fully saturated rings. The van der Waals surface area contributed by atoms with Gasteiger partial charge >= 0.3 is 0 Å². The summed E-state index contributed by atoms with van der Waals surface area (Å²) < 4.78 is 34.5. The standard InChI is InChI=1S/C30H29ClN2O4S/c1-3-37-28-15-8-7-14-27(28)33(38(35,36)26-18-16-25(31)17-19-26)21-29(34)32-30(23-11-5-4-6-12-23)24-13-9-10-22(2)20-24/h4-20,30H,3,21H2,1-2H3,(H,32,34). The van der Waals surface area contributed by atoms with Crippen LogP contribution in [-0.2, 0) is 14.8 Å². The molecule has 0 radical (unpaired) electrons. The van der Waals surface area contributed by atoms with Gasteiger partial charge in [0.1, 0.15) is 12.3 Å². The monoisotopic (exact) mass is 548 g/mol. The van der Waals surface area contributed by atoms with Crippen molar-refractivity contribution in [3.63, 3.8) is 0 Å². The number of hydrogen-bond acceptors (Lipinski definition) is 4. The second kappa shape index (κ2) is 12.2. The summed E-state index contributed by atoms with van der Waals surface area (Å²) in [7, 11) is -4.14. The molecule has 0 aromatic heterocycles. The summed E-state index contributed by atoms with van der Waals surface area (Å²) in [6.45, 7) is 3.68. The molecule has 4 aromatic rings. The second-order valence-corrected chi connectivity index (χ2v) is 11.0. The Hall–Kier alpha value is -3.81. The number of carbonyl (C=O) groups excluding carboxylic acids is 1. The molecule has 0 saturated carbocycles. The van der Waals surface area contributed by atoms with Crippen molar-refractivity contribution in [2.45, 2.75) is 24.8 Å². The number of nitrogens with one attached hydrogen (secondary N) is 1. The highest BCUT2D eigenvalue weighted by molar-refractivity contribution is 7.92. The first-order valence-corrected chi connectivity index (χ1v) is 14.0. The first-order chi connectivity index (χ1) is 18.3. The zero-order valence-electron chi connectivity index (χ0n) is 21.2. The van der Waals surface area contributed by atoms with Crippen LogP contribution in [0.2, 0.25) is 5.02 Å². The van der Waals surface area contributed by atoms with E-state index < -0.39 is 28.5 Å². The Morgan fingerprint density at radius 3 is 2.24 bits per heavy atom. The van der Waals surface area contributed by atoms with Gasteiger partial charge in [0.05, 0.1) is 23.2 Å². The molecule has 0 aliphatic carbocycles. The van der Waals surface area contributed by atoms with Crippen LogP contribution in [0, 0.1) is 6.92 Å². The van der Waals surface area contributed by atoms with Crippen molar-refractivity contribution in [2.24, 2.45) is 0 Å². The highest BCUT2D eigenvalue weighted by Crippen LogP contribution is 2.33. The fourth-order valence-electron chi connectivity index (χ4n) is 4.17. The van der Waals surface area contributed by atoms with Gasteiger partial charge in [0.15, 0.2) is 0 Å². The third-order valence-electron chi connectivity index (χ3n) is 5.94. The van der Waals surface area contributed by atoms with Crippen LogP contribution >= 0.6 is 11.6 Å². The Labute approximate surface area is 228 Å². The van der Waals surface area contributed by atoms with Crippen LogP contribution in [0.25, 0.3) is 0 Å². The molecule has 0 bridgehead atoms. The quantitative estimate of drug-likeness (QED) is 0.258. The van der Waals surface area contributed by atoms with Gasteiger partial charge in [-0.2, -0.15) is 0 Å². The van der Waals surface area contributed by atoms with Gasteiger partial charge < -0.3 is 10.1 Å². The molecular formula is C30H29ClN2O4S. The van der Waals surface area contributed by atoms with Crippen LogP contribution in [0.5, 0.6) is 5.75 Å². The largest absolute Gasteiger partial charge is 0.492 e. The zero-order chi connectivity index (χ0) is 27.1. The molecule has 0 saturated heterocycles. The Morgan fingerprint density at radius 1 is 0.895 bits per heavy atom. The lowest BCUT2D eigenvalue weighted by Gasteiger charge is -2.27. The molecule has 8 heteroatoms. The lowest BCUT2D eigenvalue weighted by Crippen LogP contribution is -2.42. The van der Waals surface area contributed by atoms with Crippen LogP contribution in [0.15, 0.2) is 108 Å². The van der Waals surface area contributed by atoms with E-state index in [1.165, 1.54) is 24.3 Å². The van der Waals surface area contributed by atoms with Gasteiger partial charge in [0.25, 0.3) is 10.0 Å². The number of amides is 1. The fourth-order valence-corrected chi connectivity index (χ4v) is 5.72. The molecule has 6 nitrogen and oxygen atoms in total. The third-order valence-corrected chi connectivity index (χ3v) is 7.96. The van der Waals surface area contributed by atoms with E-state index >= 15 is 0 Å². The Bertz CT molecular complexity index is 1490. The van der Waals surface area contributed by atoms with Crippen molar-refractivity contribution < 1.29 is 17.9 Å². The Kier molecular flexibility index (Phi) is 8.71. The predicted molar refractivity (Wildman–Crippen MR) is 151 cm³/mol. The van der Waals surface area contributed by atoms with Crippen LogP contribution in [0.1, 0.15) is 29.7 Å². The van der Waals surface area contributed by atoms with Gasteiger partial charge in [-0.25, -0.2) is 8.42 Å². The smallest absolute Gasteiger partial charge is 0.264 e. The van der Waals surface area contributed by atoms with Gasteiger partial charge in [0, 0.05) is 5.02 Å². The Morgan fingerprint density at radius 2 is 1.55 bits per heavy atom. The zero-order valence-corrected chi connectivity index (χ0v) is 22.7. The van der Waals surface area contributed by atoms with E-state index in [0.29, 0.717) is 17.4 Å². The summed E-state index contributed by atoms with van der Waals surface area (Å²) in [5, 5.41) is 3.46. The minimum absolute atomic E-state index is 0.0132. The number of carbonyl (C=O) groups is 1. The van der Waals surface area contributed by atoms with E-state index in [1.807, 2.05) is 68.4 Å². The summed E-state index contributed by atoms with van der Waals surface area (Å²) in [6.07, 6.45) is 0. The fraction of sp³-hybridized carbons (Fsp3) is 0.167. The Balaban J connectivity index is 1.73. The first kappa shape index (κ1) is 27.2. The van der Waals surface area contributed by atoms with Crippen molar-refractivity contribution in [2.75, 3.05) is 17.5 Å². The molecule has 38 heavy (non-hydrogen) atoms. The molecule has 1 N–H and O–H groups in total. The van der Waals surface area contributed by atoms with Gasteiger partial charge in [0.2, 0.25) is 5.91 Å². The maximum absolute atomic E-state index is 13.9. The van der Waals surface area contributed by atoms with Gasteiger partial charge in [-0.15, -0.1) is 0 Å². The van der Waals surface area contributed by atoms with E-state index in [9.17, 15) is 13.2 Å². The minimum atomic E-state index is -4.14. The highest BCUT2D eigenvalue weighted by atomic mass is 35.5. The molecule has 0 aliphatic rings. The van der Waals surface area contributed by atoms with E-state index in [1.54, 1.807) is 24.3 Å². The van der Waals surface area contributed by atoms with Gasteiger partial charge in [-0.05, 0) is 61.4 Å². The summed E-state index contributed by atoms with van der Waals surface area (Å²) in [5.74, 6) is -0.108. The molecule has 1 amide bonds. The molecule has 0 aliphatic heterocycles. The number of benzene rings is 4. The first-order valence-electron chi connectivity index (χ1n) is 12.2. The summed E-state index contributed by atoms with van der Waals surface area (Å²) >= 11 is 6.00. The SMILES string of the molecule is CCOc1ccccc1N(CC(=O)NC(c1ccccc1)c1cccc(C)c1)S(=O)(=O)c1ccc(Cl)cc1. The van der Waals surface area contributed by atoms with Crippen LogP contribution in [0.3, 0.4) is 0 Å². The van der Waals surface area contributed by atoms with Crippen molar-refractivity contribution in [1.82, 2.24) is 5.32 Å². The summed E-state index contributed by atoms with van der Waals surface area (Å²) in [6, 6.07) is 29.6.